The highest BCUT2D eigenvalue weighted by Gasteiger charge is 1.93. The molecule has 1 heterocycles. The highest BCUT2D eigenvalue weighted by molar-refractivity contribution is 4.91. The lowest BCUT2D eigenvalue weighted by Gasteiger charge is -2.05. The molecule has 19 heavy (non-hydrogen) atoms. The van der Waals surface area contributed by atoms with Crippen LogP contribution in [0.25, 0.3) is 0 Å². The van der Waals surface area contributed by atoms with E-state index in [9.17, 15) is 0 Å². The first-order valence-corrected chi connectivity index (χ1v) is 7.17. The first kappa shape index (κ1) is 20.4. The van der Waals surface area contributed by atoms with Gasteiger partial charge >= 0.3 is 0 Å². The Morgan fingerprint density at radius 3 is 2.11 bits per heavy atom. The van der Waals surface area contributed by atoms with Crippen molar-refractivity contribution < 1.29 is 9.47 Å². The number of aromatic nitrogens is 2. The van der Waals surface area contributed by atoms with E-state index in [1.54, 1.807) is 0 Å². The Morgan fingerprint density at radius 2 is 1.63 bits per heavy atom. The molecular formula is C14H31N3O2. The molecule has 114 valence electrons. The van der Waals surface area contributed by atoms with Gasteiger partial charge in [-0.05, 0) is 6.92 Å². The number of aryl methyl sites for hydroxylation is 1. The second-order valence-corrected chi connectivity index (χ2v) is 3.27. The maximum Gasteiger partial charge on any atom is 0.0950 e. The summed E-state index contributed by atoms with van der Waals surface area (Å²) in [7, 11) is 0. The van der Waals surface area contributed by atoms with Crippen LogP contribution in [0, 0.1) is 6.92 Å². The first-order chi connectivity index (χ1) is 9.33. The van der Waals surface area contributed by atoms with Crippen LogP contribution in [0.1, 0.15) is 33.4 Å². The minimum atomic E-state index is 0.564. The number of ether oxygens (including phenoxy) is 2. The molecule has 1 rings (SSSR count). The molecule has 5 nitrogen and oxygen atoms in total. The van der Waals surface area contributed by atoms with Gasteiger partial charge in [0.05, 0.1) is 38.4 Å². The summed E-state index contributed by atoms with van der Waals surface area (Å²) in [5.74, 6) is 0. The third-order valence-electron chi connectivity index (χ3n) is 1.89. The van der Waals surface area contributed by atoms with Gasteiger partial charge in [0, 0.05) is 19.3 Å². The van der Waals surface area contributed by atoms with E-state index in [1.165, 1.54) is 0 Å². The quantitative estimate of drug-likeness (QED) is 0.738. The Balaban J connectivity index is 0. The normalized spacial score (nSPS) is 9.16. The number of hydrogen-bond donors (Lipinski definition) is 1. The topological polar surface area (TPSA) is 62.3 Å². The number of nitrogens with two attached hydrogens (primary N) is 1. The van der Waals surface area contributed by atoms with E-state index in [1.807, 2.05) is 51.7 Å². The Labute approximate surface area is 118 Å². The van der Waals surface area contributed by atoms with Crippen molar-refractivity contribution >= 4 is 0 Å². The van der Waals surface area contributed by atoms with Crippen LogP contribution >= 0.6 is 0 Å². The summed E-state index contributed by atoms with van der Waals surface area (Å²) in [6.07, 6.45) is 3.80. The second-order valence-electron chi connectivity index (χ2n) is 3.27. The molecule has 0 atom stereocenters. The first-order valence-electron chi connectivity index (χ1n) is 7.17. The molecule has 1 aromatic rings. The molecule has 0 amide bonds. The highest BCUT2D eigenvalue weighted by atomic mass is 16.5. The molecule has 0 saturated carbocycles. The fourth-order valence-corrected chi connectivity index (χ4v) is 1.17. The predicted molar refractivity (Wildman–Crippen MR) is 80.4 cm³/mol. The van der Waals surface area contributed by atoms with Gasteiger partial charge in [-0.1, -0.05) is 27.7 Å². The van der Waals surface area contributed by atoms with Gasteiger partial charge in [-0.15, -0.1) is 0 Å². The molecule has 0 aliphatic rings. The zero-order chi connectivity index (χ0) is 14.9. The van der Waals surface area contributed by atoms with E-state index < -0.39 is 0 Å². The van der Waals surface area contributed by atoms with Gasteiger partial charge in [-0.2, -0.15) is 0 Å². The fraction of sp³-hybridized carbons (Fsp3) is 0.786. The van der Waals surface area contributed by atoms with Crippen molar-refractivity contribution in [3.05, 3.63) is 18.2 Å². The van der Waals surface area contributed by atoms with Crippen molar-refractivity contribution in [1.29, 1.82) is 0 Å². The number of nitrogens with zero attached hydrogens (tertiary/aromatic N) is 2. The maximum atomic E-state index is 5.38. The Kier molecular flexibility index (Phi) is 18.4. The molecule has 0 spiro atoms. The van der Waals surface area contributed by atoms with Gasteiger partial charge in [-0.25, -0.2) is 4.98 Å². The summed E-state index contributed by atoms with van der Waals surface area (Å²) in [5.41, 5.74) is 6.30. The van der Waals surface area contributed by atoms with Crippen molar-refractivity contribution in [1.82, 2.24) is 9.55 Å². The summed E-state index contributed by atoms with van der Waals surface area (Å²) < 4.78 is 12.6. The summed E-state index contributed by atoms with van der Waals surface area (Å²) in [5, 5.41) is 0. The lowest BCUT2D eigenvalue weighted by atomic mass is 10.5. The monoisotopic (exact) mass is 273 g/mol. The van der Waals surface area contributed by atoms with E-state index in [-0.39, 0.29) is 0 Å². The molecule has 0 radical (unpaired) electrons. The molecule has 0 aliphatic heterocycles. The van der Waals surface area contributed by atoms with Crippen molar-refractivity contribution in [3.8, 4) is 0 Å². The highest BCUT2D eigenvalue weighted by Crippen LogP contribution is 1.93. The lowest BCUT2D eigenvalue weighted by molar-refractivity contribution is 0.0477. The molecule has 0 fully saturated rings. The van der Waals surface area contributed by atoms with Gasteiger partial charge in [0.15, 0.2) is 0 Å². The average molecular weight is 273 g/mol. The van der Waals surface area contributed by atoms with Crippen molar-refractivity contribution in [3.63, 3.8) is 0 Å². The predicted octanol–water partition coefficient (Wildman–Crippen LogP) is 2.24. The van der Waals surface area contributed by atoms with Crippen molar-refractivity contribution in [2.24, 2.45) is 5.73 Å². The minimum Gasteiger partial charge on any atom is -0.378 e. The number of rotatable bonds is 8. The van der Waals surface area contributed by atoms with Crippen LogP contribution in [-0.2, 0) is 16.0 Å². The van der Waals surface area contributed by atoms with Gasteiger partial charge in [0.2, 0.25) is 0 Å². The molecule has 1 aromatic heterocycles. The summed E-state index contributed by atoms with van der Waals surface area (Å²) >= 11 is 0. The van der Waals surface area contributed by atoms with Gasteiger partial charge < -0.3 is 19.8 Å². The number of imidazole rings is 1. The molecule has 2 N–H and O–H groups in total. The lowest BCUT2D eigenvalue weighted by Crippen LogP contribution is -2.13. The number of hydrogen-bond acceptors (Lipinski definition) is 4. The van der Waals surface area contributed by atoms with Crippen LogP contribution in [0.5, 0.6) is 0 Å². The van der Waals surface area contributed by atoms with Crippen LogP contribution in [0.4, 0.5) is 0 Å². The third kappa shape index (κ3) is 13.3. The summed E-state index contributed by atoms with van der Waals surface area (Å²) in [6.45, 7) is 13.9. The van der Waals surface area contributed by atoms with Crippen LogP contribution in [0.3, 0.4) is 0 Å². The fourth-order valence-electron chi connectivity index (χ4n) is 1.17. The van der Waals surface area contributed by atoms with E-state index in [0.29, 0.717) is 33.0 Å². The molecular weight excluding hydrogens is 242 g/mol. The van der Waals surface area contributed by atoms with Gasteiger partial charge in [0.25, 0.3) is 0 Å². The van der Waals surface area contributed by atoms with Gasteiger partial charge in [-0.3, -0.25) is 0 Å². The van der Waals surface area contributed by atoms with Crippen molar-refractivity contribution in [2.75, 3.05) is 33.0 Å². The smallest absolute Gasteiger partial charge is 0.0950 e. The van der Waals surface area contributed by atoms with E-state index in [4.69, 9.17) is 15.2 Å². The largest absolute Gasteiger partial charge is 0.378 e. The second kappa shape index (κ2) is 17.1. The minimum absolute atomic E-state index is 0.564. The third-order valence-corrected chi connectivity index (χ3v) is 1.89. The summed E-state index contributed by atoms with van der Waals surface area (Å²) in [4.78, 5) is 4.12. The zero-order valence-corrected chi connectivity index (χ0v) is 13.2. The molecule has 5 heteroatoms. The van der Waals surface area contributed by atoms with Crippen LogP contribution in [0.15, 0.2) is 12.5 Å². The van der Waals surface area contributed by atoms with Crippen LogP contribution in [-0.4, -0.2) is 42.5 Å². The van der Waals surface area contributed by atoms with Crippen LogP contribution < -0.4 is 5.73 Å². The SMILES string of the molecule is CC.CC.Cc1cn(CCOCCOCCN)cn1. The van der Waals surface area contributed by atoms with E-state index >= 15 is 0 Å². The summed E-state index contributed by atoms with van der Waals surface area (Å²) in [6, 6.07) is 0. The van der Waals surface area contributed by atoms with E-state index in [2.05, 4.69) is 4.98 Å². The molecule has 0 aromatic carbocycles. The maximum absolute atomic E-state index is 5.38. The Morgan fingerprint density at radius 1 is 1.05 bits per heavy atom. The molecule has 0 aliphatic carbocycles. The Hall–Kier alpha value is -0.910. The van der Waals surface area contributed by atoms with Crippen LogP contribution in [0.2, 0.25) is 0 Å². The van der Waals surface area contributed by atoms with Crippen molar-refractivity contribution in [2.45, 2.75) is 41.2 Å². The van der Waals surface area contributed by atoms with Gasteiger partial charge in [0.1, 0.15) is 0 Å². The standard InChI is InChI=1S/C10H19N3O2.2C2H6/c1-10-8-13(9-12-10)3-5-15-7-6-14-4-2-11;2*1-2/h8-9H,2-7,11H2,1H3;2*1-2H3. The molecule has 0 unspecified atom stereocenters. The molecule has 0 bridgehead atoms. The average Bonchev–Trinajstić information content (AvgIpc) is 2.88. The molecule has 0 saturated heterocycles. The zero-order valence-electron chi connectivity index (χ0n) is 13.2. The van der Waals surface area contributed by atoms with E-state index in [0.717, 1.165) is 12.2 Å². The Bertz CT molecular complexity index is 265.